The standard InChI is InChI=1S/C31H38ClN3O5S/c1-3-34-41(38,39)28-17-12-24(13-18-28)14-19-30(36)35(23-26-10-15-27(32)16-11-26)29(22-25-8-5-4-6-9-25)31(37)33-20-7-21-40-2/h4-6,8-13,15-18,29,34H,3,7,14,19-23H2,1-2H3,(H,33,37). The SMILES string of the molecule is CCNS(=O)(=O)c1ccc(CCC(=O)N(Cc2ccc(Cl)cc2)C(Cc2ccccc2)C(=O)NCCCOC)cc1. The molecular weight excluding hydrogens is 562 g/mol. The van der Waals surface area contributed by atoms with Gasteiger partial charge in [-0.25, -0.2) is 13.1 Å². The number of carbonyl (C=O) groups is 2. The third kappa shape index (κ3) is 10.3. The van der Waals surface area contributed by atoms with Crippen molar-refractivity contribution in [2.75, 3.05) is 26.8 Å². The number of hydrogen-bond acceptors (Lipinski definition) is 5. The molecule has 3 aromatic carbocycles. The Hall–Kier alpha value is -3.24. The van der Waals surface area contributed by atoms with E-state index in [0.717, 1.165) is 16.7 Å². The van der Waals surface area contributed by atoms with E-state index in [4.69, 9.17) is 16.3 Å². The third-order valence-electron chi connectivity index (χ3n) is 6.56. The second-order valence-corrected chi connectivity index (χ2v) is 11.8. The van der Waals surface area contributed by atoms with E-state index in [1.807, 2.05) is 42.5 Å². The van der Waals surface area contributed by atoms with Crippen molar-refractivity contribution in [3.8, 4) is 0 Å². The van der Waals surface area contributed by atoms with Gasteiger partial charge in [0, 0.05) is 51.2 Å². The third-order valence-corrected chi connectivity index (χ3v) is 8.37. The van der Waals surface area contributed by atoms with Gasteiger partial charge in [0.2, 0.25) is 21.8 Å². The van der Waals surface area contributed by atoms with E-state index in [1.54, 1.807) is 43.2 Å². The summed E-state index contributed by atoms with van der Waals surface area (Å²) >= 11 is 6.09. The summed E-state index contributed by atoms with van der Waals surface area (Å²) in [6, 6.07) is 22.6. The molecule has 10 heteroatoms. The highest BCUT2D eigenvalue weighted by molar-refractivity contribution is 7.89. The highest BCUT2D eigenvalue weighted by Crippen LogP contribution is 2.19. The van der Waals surface area contributed by atoms with Crippen LogP contribution in [0.25, 0.3) is 0 Å². The van der Waals surface area contributed by atoms with Gasteiger partial charge in [-0.15, -0.1) is 0 Å². The number of methoxy groups -OCH3 is 1. The summed E-state index contributed by atoms with van der Waals surface area (Å²) in [7, 11) is -1.95. The molecule has 0 bridgehead atoms. The molecule has 0 saturated heterocycles. The van der Waals surface area contributed by atoms with E-state index in [0.29, 0.717) is 44.0 Å². The van der Waals surface area contributed by atoms with Gasteiger partial charge in [-0.2, -0.15) is 0 Å². The van der Waals surface area contributed by atoms with E-state index in [-0.39, 0.29) is 29.7 Å². The van der Waals surface area contributed by atoms with Gasteiger partial charge in [-0.3, -0.25) is 9.59 Å². The summed E-state index contributed by atoms with van der Waals surface area (Å²) in [5.74, 6) is -0.414. The lowest BCUT2D eigenvalue weighted by atomic mass is 10.0. The number of nitrogens with zero attached hydrogens (tertiary/aromatic N) is 1. The van der Waals surface area contributed by atoms with Crippen LogP contribution in [0.3, 0.4) is 0 Å². The number of rotatable bonds is 16. The number of aryl methyl sites for hydroxylation is 1. The Bertz CT molecular complexity index is 1350. The summed E-state index contributed by atoms with van der Waals surface area (Å²) in [5, 5.41) is 3.56. The van der Waals surface area contributed by atoms with Crippen LogP contribution in [0, 0.1) is 0 Å². The average molecular weight is 600 g/mol. The predicted octanol–water partition coefficient (Wildman–Crippen LogP) is 4.36. The van der Waals surface area contributed by atoms with Crippen LogP contribution in [0.1, 0.15) is 36.5 Å². The zero-order valence-electron chi connectivity index (χ0n) is 23.5. The Morgan fingerprint density at radius 3 is 2.22 bits per heavy atom. The molecule has 1 unspecified atom stereocenters. The number of hydrogen-bond donors (Lipinski definition) is 2. The van der Waals surface area contributed by atoms with Gasteiger partial charge in [0.25, 0.3) is 0 Å². The maximum atomic E-state index is 13.8. The smallest absolute Gasteiger partial charge is 0.243 e. The molecule has 0 aromatic heterocycles. The van der Waals surface area contributed by atoms with Gasteiger partial charge < -0.3 is 15.0 Å². The number of carbonyl (C=O) groups excluding carboxylic acids is 2. The van der Waals surface area contributed by atoms with E-state index < -0.39 is 16.1 Å². The van der Waals surface area contributed by atoms with Crippen LogP contribution in [0.5, 0.6) is 0 Å². The second kappa shape index (κ2) is 16.3. The van der Waals surface area contributed by atoms with Crippen LogP contribution in [-0.2, 0) is 43.7 Å². The highest BCUT2D eigenvalue weighted by Gasteiger charge is 2.30. The van der Waals surface area contributed by atoms with Crippen molar-refractivity contribution in [1.82, 2.24) is 14.9 Å². The molecule has 0 saturated carbocycles. The summed E-state index contributed by atoms with van der Waals surface area (Å²) in [6.45, 7) is 3.21. The number of halogens is 1. The Kier molecular flexibility index (Phi) is 12.8. The van der Waals surface area contributed by atoms with Gasteiger partial charge in [0.05, 0.1) is 4.90 Å². The van der Waals surface area contributed by atoms with Crippen molar-refractivity contribution in [1.29, 1.82) is 0 Å². The molecule has 0 aliphatic carbocycles. The fourth-order valence-electron chi connectivity index (χ4n) is 4.39. The summed E-state index contributed by atoms with van der Waals surface area (Å²) in [4.78, 5) is 29.1. The number of amides is 2. The Morgan fingerprint density at radius 2 is 1.59 bits per heavy atom. The molecule has 0 aliphatic rings. The van der Waals surface area contributed by atoms with Crippen molar-refractivity contribution >= 4 is 33.4 Å². The van der Waals surface area contributed by atoms with Crippen LogP contribution in [0.15, 0.2) is 83.8 Å². The summed E-state index contributed by atoms with van der Waals surface area (Å²) in [5.41, 5.74) is 2.62. The summed E-state index contributed by atoms with van der Waals surface area (Å²) in [6.07, 6.45) is 1.55. The molecule has 2 amide bonds. The average Bonchev–Trinajstić information content (AvgIpc) is 2.97. The largest absolute Gasteiger partial charge is 0.385 e. The lowest BCUT2D eigenvalue weighted by Crippen LogP contribution is -2.50. The van der Waals surface area contributed by atoms with E-state index >= 15 is 0 Å². The minimum absolute atomic E-state index is 0.148. The molecule has 2 N–H and O–H groups in total. The van der Waals surface area contributed by atoms with Crippen molar-refractivity contribution in [3.63, 3.8) is 0 Å². The topological polar surface area (TPSA) is 105 Å². The lowest BCUT2D eigenvalue weighted by molar-refractivity contribution is -0.141. The number of benzene rings is 3. The van der Waals surface area contributed by atoms with Gasteiger partial charge in [0.15, 0.2) is 0 Å². The Labute approximate surface area is 248 Å². The maximum absolute atomic E-state index is 13.8. The molecule has 41 heavy (non-hydrogen) atoms. The first-order chi connectivity index (χ1) is 19.7. The fraction of sp³-hybridized carbons (Fsp3) is 0.355. The minimum Gasteiger partial charge on any atom is -0.385 e. The molecule has 1 atom stereocenters. The highest BCUT2D eigenvalue weighted by atomic mass is 35.5. The van der Waals surface area contributed by atoms with E-state index in [9.17, 15) is 18.0 Å². The Balaban J connectivity index is 1.84. The van der Waals surface area contributed by atoms with Gasteiger partial charge in [0.1, 0.15) is 6.04 Å². The maximum Gasteiger partial charge on any atom is 0.243 e. The van der Waals surface area contributed by atoms with Crippen LogP contribution in [-0.4, -0.2) is 58.0 Å². The molecule has 0 fully saturated rings. The van der Waals surface area contributed by atoms with Crippen LogP contribution >= 0.6 is 11.6 Å². The van der Waals surface area contributed by atoms with Crippen LogP contribution in [0.4, 0.5) is 0 Å². The van der Waals surface area contributed by atoms with Gasteiger partial charge in [-0.1, -0.05) is 73.1 Å². The molecule has 0 spiro atoms. The fourth-order valence-corrected chi connectivity index (χ4v) is 5.56. The number of sulfonamides is 1. The quantitative estimate of drug-likeness (QED) is 0.238. The van der Waals surface area contributed by atoms with Crippen LogP contribution in [0.2, 0.25) is 5.02 Å². The van der Waals surface area contributed by atoms with Crippen molar-refractivity contribution in [3.05, 3.63) is 101 Å². The zero-order valence-corrected chi connectivity index (χ0v) is 25.1. The minimum atomic E-state index is -3.56. The molecule has 0 heterocycles. The predicted molar refractivity (Wildman–Crippen MR) is 161 cm³/mol. The van der Waals surface area contributed by atoms with Crippen LogP contribution < -0.4 is 10.0 Å². The second-order valence-electron chi connectivity index (χ2n) is 9.64. The molecule has 3 aromatic rings. The Morgan fingerprint density at radius 1 is 0.927 bits per heavy atom. The first-order valence-corrected chi connectivity index (χ1v) is 15.5. The van der Waals surface area contributed by atoms with Crippen molar-refractivity contribution in [2.24, 2.45) is 0 Å². The monoisotopic (exact) mass is 599 g/mol. The van der Waals surface area contributed by atoms with Gasteiger partial charge >= 0.3 is 0 Å². The molecule has 220 valence electrons. The molecule has 0 aliphatic heterocycles. The molecule has 8 nitrogen and oxygen atoms in total. The zero-order chi connectivity index (χ0) is 29.7. The first-order valence-electron chi connectivity index (χ1n) is 13.7. The lowest BCUT2D eigenvalue weighted by Gasteiger charge is -2.31. The molecule has 0 radical (unpaired) electrons. The molecular formula is C31H38ClN3O5S. The van der Waals surface area contributed by atoms with Crippen molar-refractivity contribution < 1.29 is 22.7 Å². The molecule has 3 rings (SSSR count). The van der Waals surface area contributed by atoms with E-state index in [2.05, 4.69) is 10.0 Å². The number of ether oxygens (including phenoxy) is 1. The van der Waals surface area contributed by atoms with Crippen molar-refractivity contribution in [2.45, 2.75) is 50.1 Å². The number of nitrogens with one attached hydrogen (secondary N) is 2. The normalized spacial score (nSPS) is 12.1. The van der Waals surface area contributed by atoms with E-state index in [1.165, 1.54) is 12.1 Å². The summed E-state index contributed by atoms with van der Waals surface area (Å²) < 4.78 is 32.1. The first kappa shape index (κ1) is 32.3. The van der Waals surface area contributed by atoms with Gasteiger partial charge in [-0.05, 0) is 53.8 Å².